The fourth-order valence-corrected chi connectivity index (χ4v) is 3.44. The summed E-state index contributed by atoms with van der Waals surface area (Å²) in [5.41, 5.74) is 1.26. The number of rotatable bonds is 6. The molecule has 6 nitrogen and oxygen atoms in total. The minimum absolute atomic E-state index is 0.323. The lowest BCUT2D eigenvalue weighted by Gasteiger charge is -2.26. The van der Waals surface area contributed by atoms with E-state index in [1.807, 2.05) is 62.4 Å². The first-order valence-corrected chi connectivity index (χ1v) is 9.02. The van der Waals surface area contributed by atoms with Crippen molar-refractivity contribution in [1.82, 2.24) is 10.2 Å². The molecule has 6 heteroatoms. The number of hydrogen-bond donors (Lipinski definition) is 2. The highest BCUT2D eigenvalue weighted by Gasteiger charge is 2.52. The van der Waals surface area contributed by atoms with Crippen LogP contribution in [0.2, 0.25) is 0 Å². The summed E-state index contributed by atoms with van der Waals surface area (Å²) >= 11 is 0. The molecule has 1 fully saturated rings. The van der Waals surface area contributed by atoms with Crippen molar-refractivity contribution >= 4 is 23.5 Å². The predicted molar refractivity (Wildman–Crippen MR) is 103 cm³/mol. The van der Waals surface area contributed by atoms with E-state index in [0.29, 0.717) is 18.5 Å². The maximum atomic E-state index is 13.1. The Morgan fingerprint density at radius 2 is 1.85 bits per heavy atom. The monoisotopic (exact) mass is 365 g/mol. The van der Waals surface area contributed by atoms with E-state index < -0.39 is 17.5 Å². The average molecular weight is 365 g/mol. The number of anilines is 1. The molecule has 3 rings (SSSR count). The van der Waals surface area contributed by atoms with Crippen molar-refractivity contribution in [3.05, 3.63) is 65.7 Å². The van der Waals surface area contributed by atoms with Gasteiger partial charge in [0, 0.05) is 5.69 Å². The number of benzene rings is 2. The summed E-state index contributed by atoms with van der Waals surface area (Å²) in [7, 11) is 0. The van der Waals surface area contributed by atoms with Crippen LogP contribution in [0, 0.1) is 6.92 Å². The van der Waals surface area contributed by atoms with Gasteiger partial charge in [0.15, 0.2) is 0 Å². The molecule has 27 heavy (non-hydrogen) atoms. The largest absolute Gasteiger partial charge is 0.325 e. The first-order chi connectivity index (χ1) is 13.0. The van der Waals surface area contributed by atoms with Gasteiger partial charge in [-0.15, -0.1) is 0 Å². The molecular formula is C21H23N3O3. The molecule has 4 amide bonds. The van der Waals surface area contributed by atoms with Gasteiger partial charge in [-0.2, -0.15) is 0 Å². The van der Waals surface area contributed by atoms with Gasteiger partial charge in [-0.1, -0.05) is 55.8 Å². The van der Waals surface area contributed by atoms with E-state index in [-0.39, 0.29) is 12.5 Å². The molecule has 0 aromatic heterocycles. The van der Waals surface area contributed by atoms with Crippen LogP contribution in [0.25, 0.3) is 0 Å². The Morgan fingerprint density at radius 1 is 1.11 bits per heavy atom. The zero-order valence-corrected chi connectivity index (χ0v) is 15.5. The molecule has 1 saturated heterocycles. The fraction of sp³-hybridized carbons (Fsp3) is 0.286. The highest BCUT2D eigenvalue weighted by molar-refractivity contribution is 6.10. The van der Waals surface area contributed by atoms with E-state index >= 15 is 0 Å². The standard InChI is InChI=1S/C21H23N3O3/c1-3-12-21(16-9-5-4-6-10-16)19(26)24(20(27)23-21)14-18(25)22-17-11-7-8-15(2)13-17/h4-11,13H,3,12,14H2,1-2H3,(H,22,25)(H,23,27)/t21-/m0/s1. The molecule has 1 aliphatic heterocycles. The molecule has 0 spiro atoms. The smallest absolute Gasteiger partial charge is 0.325 e. The number of aryl methyl sites for hydroxylation is 1. The summed E-state index contributed by atoms with van der Waals surface area (Å²) in [5.74, 6) is -0.801. The molecule has 0 unspecified atom stereocenters. The van der Waals surface area contributed by atoms with Crippen molar-refractivity contribution in [2.45, 2.75) is 32.2 Å². The number of imide groups is 1. The number of amides is 4. The van der Waals surface area contributed by atoms with Gasteiger partial charge in [0.1, 0.15) is 12.1 Å². The van der Waals surface area contributed by atoms with Gasteiger partial charge in [-0.25, -0.2) is 4.79 Å². The third kappa shape index (κ3) is 3.69. The molecule has 1 aliphatic rings. The highest BCUT2D eigenvalue weighted by Crippen LogP contribution is 2.33. The van der Waals surface area contributed by atoms with E-state index in [1.165, 1.54) is 0 Å². The van der Waals surface area contributed by atoms with Gasteiger partial charge in [-0.05, 0) is 36.6 Å². The number of hydrogen-bond acceptors (Lipinski definition) is 3. The van der Waals surface area contributed by atoms with Gasteiger partial charge in [-0.3, -0.25) is 14.5 Å². The average Bonchev–Trinajstić information content (AvgIpc) is 2.88. The zero-order valence-electron chi connectivity index (χ0n) is 15.5. The van der Waals surface area contributed by atoms with Crippen molar-refractivity contribution in [2.24, 2.45) is 0 Å². The Hall–Kier alpha value is -3.15. The van der Waals surface area contributed by atoms with Crippen molar-refractivity contribution in [3.8, 4) is 0 Å². The van der Waals surface area contributed by atoms with Crippen molar-refractivity contribution in [3.63, 3.8) is 0 Å². The third-order valence-corrected chi connectivity index (χ3v) is 4.67. The maximum Gasteiger partial charge on any atom is 0.325 e. The first kappa shape index (κ1) is 18.6. The van der Waals surface area contributed by atoms with Crippen LogP contribution in [0.5, 0.6) is 0 Å². The molecule has 140 valence electrons. The summed E-state index contributed by atoms with van der Waals surface area (Å²) in [4.78, 5) is 39.0. The van der Waals surface area contributed by atoms with Crippen LogP contribution in [0.15, 0.2) is 54.6 Å². The Bertz CT molecular complexity index is 866. The van der Waals surface area contributed by atoms with Crippen molar-refractivity contribution in [2.75, 3.05) is 11.9 Å². The van der Waals surface area contributed by atoms with Crippen LogP contribution < -0.4 is 10.6 Å². The molecule has 1 heterocycles. The second-order valence-electron chi connectivity index (χ2n) is 6.76. The summed E-state index contributed by atoms with van der Waals surface area (Å²) in [5, 5.41) is 5.56. The van der Waals surface area contributed by atoms with Gasteiger partial charge < -0.3 is 10.6 Å². The van der Waals surface area contributed by atoms with E-state index in [4.69, 9.17) is 0 Å². The fourth-order valence-electron chi connectivity index (χ4n) is 3.44. The number of urea groups is 1. The Kier molecular flexibility index (Phi) is 5.26. The molecule has 2 aromatic rings. The summed E-state index contributed by atoms with van der Waals surface area (Å²) in [6.07, 6.45) is 1.18. The Morgan fingerprint density at radius 3 is 2.52 bits per heavy atom. The molecular weight excluding hydrogens is 342 g/mol. The minimum atomic E-state index is -1.11. The van der Waals surface area contributed by atoms with Gasteiger partial charge in [0.05, 0.1) is 0 Å². The number of carbonyl (C=O) groups excluding carboxylic acids is 3. The number of carbonyl (C=O) groups is 3. The molecule has 0 bridgehead atoms. The molecule has 0 radical (unpaired) electrons. The van der Waals surface area contributed by atoms with Crippen molar-refractivity contribution in [1.29, 1.82) is 0 Å². The topological polar surface area (TPSA) is 78.5 Å². The Balaban J connectivity index is 1.79. The normalized spacial score (nSPS) is 19.1. The summed E-state index contributed by atoms with van der Waals surface area (Å²) in [6.45, 7) is 3.56. The van der Waals surface area contributed by atoms with E-state index in [1.54, 1.807) is 6.07 Å². The van der Waals surface area contributed by atoms with Crippen LogP contribution in [0.4, 0.5) is 10.5 Å². The van der Waals surface area contributed by atoms with Crippen LogP contribution in [0.3, 0.4) is 0 Å². The predicted octanol–water partition coefficient (Wildman–Crippen LogP) is 3.18. The maximum absolute atomic E-state index is 13.1. The molecule has 0 aliphatic carbocycles. The minimum Gasteiger partial charge on any atom is -0.325 e. The van der Waals surface area contributed by atoms with Crippen LogP contribution in [-0.4, -0.2) is 29.3 Å². The van der Waals surface area contributed by atoms with Crippen molar-refractivity contribution < 1.29 is 14.4 Å². The molecule has 0 saturated carbocycles. The van der Waals surface area contributed by atoms with E-state index in [2.05, 4.69) is 10.6 Å². The van der Waals surface area contributed by atoms with Crippen LogP contribution in [0.1, 0.15) is 30.9 Å². The lowest BCUT2D eigenvalue weighted by Crippen LogP contribution is -2.44. The lowest BCUT2D eigenvalue weighted by atomic mass is 9.85. The van der Waals surface area contributed by atoms with E-state index in [0.717, 1.165) is 16.0 Å². The second-order valence-corrected chi connectivity index (χ2v) is 6.76. The zero-order chi connectivity index (χ0) is 19.4. The number of nitrogens with zero attached hydrogens (tertiary/aromatic N) is 1. The third-order valence-electron chi connectivity index (χ3n) is 4.67. The van der Waals surface area contributed by atoms with Crippen LogP contribution >= 0.6 is 0 Å². The van der Waals surface area contributed by atoms with Gasteiger partial charge in [0.2, 0.25) is 5.91 Å². The summed E-state index contributed by atoms with van der Waals surface area (Å²) < 4.78 is 0. The van der Waals surface area contributed by atoms with E-state index in [9.17, 15) is 14.4 Å². The SMILES string of the molecule is CCC[C@@]1(c2ccccc2)NC(=O)N(CC(=O)Nc2cccc(C)c2)C1=O. The molecule has 2 aromatic carbocycles. The van der Waals surface area contributed by atoms with Crippen LogP contribution in [-0.2, 0) is 15.1 Å². The summed E-state index contributed by atoms with van der Waals surface area (Å²) in [6, 6.07) is 16.0. The molecule has 1 atom stereocenters. The Labute approximate surface area is 158 Å². The number of nitrogens with one attached hydrogen (secondary N) is 2. The lowest BCUT2D eigenvalue weighted by molar-refractivity contribution is -0.134. The van der Waals surface area contributed by atoms with Gasteiger partial charge in [0.25, 0.3) is 5.91 Å². The quantitative estimate of drug-likeness (QED) is 0.772. The second kappa shape index (κ2) is 7.61. The highest BCUT2D eigenvalue weighted by atomic mass is 16.2. The molecule has 2 N–H and O–H groups in total. The van der Waals surface area contributed by atoms with Gasteiger partial charge >= 0.3 is 6.03 Å². The first-order valence-electron chi connectivity index (χ1n) is 9.02.